The molecular formula is C23H19N7O2. The van der Waals surface area contributed by atoms with E-state index in [0.717, 1.165) is 22.9 Å². The van der Waals surface area contributed by atoms with Gasteiger partial charge in [-0.2, -0.15) is 4.98 Å². The Bertz CT molecular complexity index is 1400. The number of aromatic nitrogens is 6. The van der Waals surface area contributed by atoms with Gasteiger partial charge in [-0.05, 0) is 24.6 Å². The molecule has 1 aliphatic rings. The van der Waals surface area contributed by atoms with Crippen LogP contribution in [0.5, 0.6) is 0 Å². The quantitative estimate of drug-likeness (QED) is 0.472. The van der Waals surface area contributed by atoms with Gasteiger partial charge in [-0.25, -0.2) is 4.68 Å². The first-order valence-corrected chi connectivity index (χ1v) is 10.4. The maximum absolute atomic E-state index is 13.1. The second kappa shape index (κ2) is 7.45. The Hall–Kier alpha value is -4.27. The first-order valence-electron chi connectivity index (χ1n) is 10.4. The average molecular weight is 425 g/mol. The van der Waals surface area contributed by atoms with Crippen LogP contribution >= 0.6 is 0 Å². The molecule has 4 heterocycles. The SMILES string of the molecule is O=C(c1cccc2[nH]ccc12)N1CCC(n2cc(-c3nc(-c4ccccc4)no3)nn2)C1. The Balaban J connectivity index is 1.19. The van der Waals surface area contributed by atoms with E-state index >= 15 is 0 Å². The fraction of sp³-hybridized carbons (Fsp3) is 0.174. The second-order valence-electron chi connectivity index (χ2n) is 7.81. The van der Waals surface area contributed by atoms with E-state index in [4.69, 9.17) is 4.52 Å². The largest absolute Gasteiger partial charge is 0.361 e. The van der Waals surface area contributed by atoms with Crippen molar-refractivity contribution in [2.75, 3.05) is 13.1 Å². The number of aromatic amines is 1. The summed E-state index contributed by atoms with van der Waals surface area (Å²) in [6, 6.07) is 17.3. The van der Waals surface area contributed by atoms with Crippen LogP contribution < -0.4 is 0 Å². The van der Waals surface area contributed by atoms with Crippen LogP contribution in [0, 0.1) is 0 Å². The number of amides is 1. The van der Waals surface area contributed by atoms with Crippen molar-refractivity contribution in [2.45, 2.75) is 12.5 Å². The lowest BCUT2D eigenvalue weighted by Gasteiger charge is -2.17. The highest BCUT2D eigenvalue weighted by Gasteiger charge is 2.30. The molecule has 5 aromatic rings. The van der Waals surface area contributed by atoms with Crippen molar-refractivity contribution in [3.63, 3.8) is 0 Å². The average Bonchev–Trinajstić information content (AvgIpc) is 3.63. The van der Waals surface area contributed by atoms with Gasteiger partial charge in [0.25, 0.3) is 11.8 Å². The monoisotopic (exact) mass is 425 g/mol. The van der Waals surface area contributed by atoms with Gasteiger partial charge in [-0.1, -0.05) is 46.8 Å². The Morgan fingerprint density at radius 3 is 2.91 bits per heavy atom. The van der Waals surface area contributed by atoms with E-state index in [1.165, 1.54) is 0 Å². The Labute approximate surface area is 182 Å². The number of hydrogen-bond acceptors (Lipinski definition) is 6. The van der Waals surface area contributed by atoms with Crippen molar-refractivity contribution in [2.24, 2.45) is 0 Å². The molecule has 1 amide bonds. The van der Waals surface area contributed by atoms with E-state index in [-0.39, 0.29) is 11.9 Å². The topological polar surface area (TPSA) is 106 Å². The fourth-order valence-corrected chi connectivity index (χ4v) is 4.17. The number of fused-ring (bicyclic) bond motifs is 1. The minimum Gasteiger partial charge on any atom is -0.361 e. The zero-order chi connectivity index (χ0) is 21.5. The van der Waals surface area contributed by atoms with E-state index in [1.807, 2.05) is 65.7 Å². The Morgan fingerprint density at radius 2 is 2.00 bits per heavy atom. The summed E-state index contributed by atoms with van der Waals surface area (Å²) >= 11 is 0. The predicted octanol–water partition coefficient (Wildman–Crippen LogP) is 3.56. The van der Waals surface area contributed by atoms with Crippen LogP contribution in [0.15, 0.2) is 71.5 Å². The molecule has 1 saturated heterocycles. The number of H-pyrrole nitrogens is 1. The lowest BCUT2D eigenvalue weighted by Crippen LogP contribution is -2.29. The third-order valence-electron chi connectivity index (χ3n) is 5.84. The molecule has 1 N–H and O–H groups in total. The fourth-order valence-electron chi connectivity index (χ4n) is 4.17. The summed E-state index contributed by atoms with van der Waals surface area (Å²) in [5.41, 5.74) is 3.06. The smallest absolute Gasteiger partial charge is 0.280 e. The van der Waals surface area contributed by atoms with Crippen LogP contribution in [0.25, 0.3) is 33.9 Å². The highest BCUT2D eigenvalue weighted by Crippen LogP contribution is 2.27. The van der Waals surface area contributed by atoms with Gasteiger partial charge in [0.05, 0.1) is 12.2 Å². The van der Waals surface area contributed by atoms with Gasteiger partial charge in [0.2, 0.25) is 5.82 Å². The molecule has 1 fully saturated rings. The second-order valence-corrected chi connectivity index (χ2v) is 7.81. The number of nitrogens with one attached hydrogen (secondary N) is 1. The van der Waals surface area contributed by atoms with Crippen molar-refractivity contribution < 1.29 is 9.32 Å². The van der Waals surface area contributed by atoms with Gasteiger partial charge < -0.3 is 14.4 Å². The number of carbonyl (C=O) groups excluding carboxylic acids is 1. The lowest BCUT2D eigenvalue weighted by molar-refractivity contribution is 0.0789. The summed E-state index contributed by atoms with van der Waals surface area (Å²) < 4.78 is 7.17. The molecule has 3 aromatic heterocycles. The molecule has 158 valence electrons. The van der Waals surface area contributed by atoms with E-state index < -0.39 is 0 Å². The van der Waals surface area contributed by atoms with Crippen LogP contribution in [0.4, 0.5) is 0 Å². The summed E-state index contributed by atoms with van der Waals surface area (Å²) in [4.78, 5) is 22.6. The van der Waals surface area contributed by atoms with E-state index in [9.17, 15) is 4.79 Å². The van der Waals surface area contributed by atoms with Gasteiger partial charge >= 0.3 is 0 Å². The normalized spacial score (nSPS) is 16.1. The lowest BCUT2D eigenvalue weighted by atomic mass is 10.1. The van der Waals surface area contributed by atoms with E-state index in [0.29, 0.717) is 36.1 Å². The molecule has 9 heteroatoms. The van der Waals surface area contributed by atoms with Gasteiger partial charge in [-0.3, -0.25) is 4.79 Å². The van der Waals surface area contributed by atoms with Crippen LogP contribution in [-0.4, -0.2) is 54.0 Å². The van der Waals surface area contributed by atoms with Crippen LogP contribution in [0.1, 0.15) is 22.8 Å². The van der Waals surface area contributed by atoms with E-state index in [1.54, 1.807) is 10.9 Å². The molecule has 0 saturated carbocycles. The number of rotatable bonds is 4. The van der Waals surface area contributed by atoms with Crippen LogP contribution in [-0.2, 0) is 0 Å². The first-order chi connectivity index (χ1) is 15.8. The number of nitrogens with zero attached hydrogens (tertiary/aromatic N) is 6. The van der Waals surface area contributed by atoms with Crippen molar-refractivity contribution in [3.8, 4) is 23.0 Å². The molecule has 1 aliphatic heterocycles. The number of hydrogen-bond donors (Lipinski definition) is 1. The number of benzene rings is 2. The third kappa shape index (κ3) is 3.15. The van der Waals surface area contributed by atoms with Crippen LogP contribution in [0.2, 0.25) is 0 Å². The van der Waals surface area contributed by atoms with Crippen molar-refractivity contribution in [1.82, 2.24) is 35.0 Å². The van der Waals surface area contributed by atoms with Gasteiger partial charge in [0.15, 0.2) is 5.69 Å². The maximum Gasteiger partial charge on any atom is 0.280 e. The first kappa shape index (κ1) is 18.5. The molecule has 1 unspecified atom stereocenters. The van der Waals surface area contributed by atoms with Gasteiger partial charge in [0.1, 0.15) is 0 Å². The van der Waals surface area contributed by atoms with Crippen LogP contribution in [0.3, 0.4) is 0 Å². The minimum absolute atomic E-state index is 0.0300. The molecule has 1 atom stereocenters. The van der Waals surface area contributed by atoms with Gasteiger partial charge in [-0.15, -0.1) is 5.10 Å². The summed E-state index contributed by atoms with van der Waals surface area (Å²) in [6.45, 7) is 1.24. The maximum atomic E-state index is 13.1. The molecule has 0 radical (unpaired) electrons. The summed E-state index contributed by atoms with van der Waals surface area (Å²) in [6.07, 6.45) is 4.45. The highest BCUT2D eigenvalue weighted by atomic mass is 16.5. The third-order valence-corrected chi connectivity index (χ3v) is 5.84. The van der Waals surface area contributed by atoms with Gasteiger partial charge in [0, 0.05) is 41.3 Å². The molecule has 32 heavy (non-hydrogen) atoms. The summed E-state index contributed by atoms with van der Waals surface area (Å²) in [5.74, 6) is 0.856. The minimum atomic E-state index is 0.0300. The Kier molecular flexibility index (Phi) is 4.31. The van der Waals surface area contributed by atoms with Crippen molar-refractivity contribution >= 4 is 16.8 Å². The molecular weight excluding hydrogens is 406 g/mol. The molecule has 6 rings (SSSR count). The van der Waals surface area contributed by atoms with Crippen molar-refractivity contribution in [3.05, 3.63) is 72.6 Å². The van der Waals surface area contributed by atoms with Crippen molar-refractivity contribution in [1.29, 1.82) is 0 Å². The Morgan fingerprint density at radius 1 is 1.09 bits per heavy atom. The molecule has 0 spiro atoms. The highest BCUT2D eigenvalue weighted by molar-refractivity contribution is 6.06. The zero-order valence-corrected chi connectivity index (χ0v) is 17.0. The number of carbonyl (C=O) groups is 1. The predicted molar refractivity (Wildman–Crippen MR) is 117 cm³/mol. The molecule has 0 bridgehead atoms. The molecule has 2 aromatic carbocycles. The molecule has 9 nitrogen and oxygen atoms in total. The standard InChI is InChI=1S/C23H19N7O2/c31-23(18-7-4-8-19-17(18)9-11-24-19)29-12-10-16(13-29)30-14-20(26-28-30)22-25-21(27-32-22)15-5-2-1-3-6-15/h1-9,11,14,16,24H,10,12-13H2. The van der Waals surface area contributed by atoms with E-state index in [2.05, 4.69) is 25.4 Å². The summed E-state index contributed by atoms with van der Waals surface area (Å²) in [7, 11) is 0. The number of likely N-dealkylation sites (tertiary alicyclic amines) is 1. The zero-order valence-electron chi connectivity index (χ0n) is 17.0. The summed E-state index contributed by atoms with van der Waals surface area (Å²) in [5, 5.41) is 13.4. The molecule has 0 aliphatic carbocycles.